The topological polar surface area (TPSA) is 112 Å². The summed E-state index contributed by atoms with van der Waals surface area (Å²) >= 11 is 0. The Labute approximate surface area is 233 Å². The predicted octanol–water partition coefficient (Wildman–Crippen LogP) is 3.75. The minimum Gasteiger partial charge on any atom is -0.457 e. The Bertz CT molecular complexity index is 1480. The highest BCUT2D eigenvalue weighted by Crippen LogP contribution is 2.33. The molecule has 2 fully saturated rings. The van der Waals surface area contributed by atoms with E-state index in [4.69, 9.17) is 20.3 Å². The number of fused-ring (bicyclic) bond motifs is 1. The van der Waals surface area contributed by atoms with Crippen molar-refractivity contribution in [2.75, 3.05) is 45.1 Å². The zero-order valence-corrected chi connectivity index (χ0v) is 22.4. The van der Waals surface area contributed by atoms with Gasteiger partial charge in [-0.05, 0) is 49.2 Å². The van der Waals surface area contributed by atoms with Crippen LogP contribution >= 0.6 is 0 Å². The number of amides is 1. The minimum atomic E-state index is 0.0225. The summed E-state index contributed by atoms with van der Waals surface area (Å²) in [5.41, 5.74) is 8.58. The number of hydrogen-bond acceptors (Lipinski definition) is 8. The molecule has 0 aliphatic carbocycles. The molecule has 2 aliphatic rings. The van der Waals surface area contributed by atoms with Crippen molar-refractivity contribution in [3.63, 3.8) is 0 Å². The second kappa shape index (κ2) is 11.8. The zero-order valence-electron chi connectivity index (χ0n) is 22.4. The van der Waals surface area contributed by atoms with E-state index >= 15 is 0 Å². The molecule has 2 aromatic heterocycles. The van der Waals surface area contributed by atoms with Crippen molar-refractivity contribution in [3.8, 4) is 22.8 Å². The summed E-state index contributed by atoms with van der Waals surface area (Å²) in [6, 6.07) is 17.4. The number of rotatable bonds is 8. The number of benzene rings is 2. The van der Waals surface area contributed by atoms with Crippen LogP contribution in [0, 0.1) is 0 Å². The van der Waals surface area contributed by atoms with Gasteiger partial charge in [-0.25, -0.2) is 14.6 Å². The number of anilines is 1. The van der Waals surface area contributed by atoms with Crippen LogP contribution in [0.5, 0.6) is 11.5 Å². The van der Waals surface area contributed by atoms with Crippen LogP contribution in [-0.4, -0.2) is 80.9 Å². The third-order valence-electron chi connectivity index (χ3n) is 7.44. The number of nitrogens with two attached hydrogens (primary N) is 1. The fraction of sp³-hybridized carbons (Fsp3) is 0.333. The van der Waals surface area contributed by atoms with E-state index in [1.165, 1.54) is 6.33 Å². The Kier molecular flexibility index (Phi) is 7.69. The van der Waals surface area contributed by atoms with E-state index in [9.17, 15) is 4.79 Å². The van der Waals surface area contributed by atoms with E-state index in [0.717, 1.165) is 69.3 Å². The number of para-hydroxylation sites is 1. The van der Waals surface area contributed by atoms with Gasteiger partial charge in [0.15, 0.2) is 5.65 Å². The number of carbonyl (C=O) groups excluding carboxylic acids is 1. The van der Waals surface area contributed by atoms with E-state index in [1.807, 2.05) is 70.3 Å². The summed E-state index contributed by atoms with van der Waals surface area (Å²) in [4.78, 5) is 26.1. The van der Waals surface area contributed by atoms with Crippen LogP contribution in [0.2, 0.25) is 0 Å². The number of nitrogens with zero attached hydrogens (tertiary/aromatic N) is 6. The first-order valence-electron chi connectivity index (χ1n) is 13.7. The predicted molar refractivity (Wildman–Crippen MR) is 153 cm³/mol. The highest BCUT2D eigenvalue weighted by molar-refractivity contribution is 5.98. The largest absolute Gasteiger partial charge is 0.457 e. The molecule has 1 unspecified atom stereocenters. The molecule has 4 aromatic rings. The third-order valence-corrected chi connectivity index (χ3v) is 7.44. The summed E-state index contributed by atoms with van der Waals surface area (Å²) in [7, 11) is 0. The molecule has 0 bridgehead atoms. The van der Waals surface area contributed by atoms with Gasteiger partial charge in [-0.15, -0.1) is 0 Å². The molecular weight excluding hydrogens is 506 g/mol. The molecule has 1 atom stereocenters. The number of morpholine rings is 1. The van der Waals surface area contributed by atoms with Crippen molar-refractivity contribution in [3.05, 3.63) is 73.1 Å². The Morgan fingerprint density at radius 2 is 1.80 bits per heavy atom. The molecule has 10 heteroatoms. The van der Waals surface area contributed by atoms with Crippen LogP contribution in [0.15, 0.2) is 73.1 Å². The highest BCUT2D eigenvalue weighted by atomic mass is 16.5. The van der Waals surface area contributed by atoms with Crippen molar-refractivity contribution in [2.24, 2.45) is 0 Å². The molecule has 10 nitrogen and oxygen atoms in total. The number of aromatic nitrogens is 4. The standard InChI is InChI=1S/C30H33N7O3/c31-29-27-28(22-10-12-25(13-11-22)40-24-7-2-1-3-8-24)34-37(30(27)33-21-32-29)20-23-6-4-15-36(23)26(38)9-5-14-35-16-18-39-19-17-35/h1-3,5,7-13,21,23H,4,6,14-20H2,(H2,31,32,33)/b9-5+. The summed E-state index contributed by atoms with van der Waals surface area (Å²) in [5.74, 6) is 1.91. The zero-order chi connectivity index (χ0) is 27.3. The van der Waals surface area contributed by atoms with Gasteiger partial charge in [-0.1, -0.05) is 24.3 Å². The molecule has 40 heavy (non-hydrogen) atoms. The van der Waals surface area contributed by atoms with Crippen LogP contribution in [0.25, 0.3) is 22.3 Å². The summed E-state index contributed by atoms with van der Waals surface area (Å²) in [6.07, 6.45) is 7.00. The Balaban J connectivity index is 1.20. The maximum atomic E-state index is 13.1. The van der Waals surface area contributed by atoms with E-state index in [2.05, 4.69) is 14.9 Å². The second-order valence-corrected chi connectivity index (χ2v) is 10.1. The van der Waals surface area contributed by atoms with Gasteiger partial charge in [0, 0.05) is 37.8 Å². The lowest BCUT2D eigenvalue weighted by atomic mass is 10.1. The minimum absolute atomic E-state index is 0.0225. The van der Waals surface area contributed by atoms with E-state index in [0.29, 0.717) is 29.1 Å². The van der Waals surface area contributed by atoms with Crippen LogP contribution in [0.3, 0.4) is 0 Å². The first kappa shape index (κ1) is 26.0. The van der Waals surface area contributed by atoms with Gasteiger partial charge < -0.3 is 20.1 Å². The van der Waals surface area contributed by atoms with Crippen molar-refractivity contribution in [1.82, 2.24) is 29.5 Å². The molecular formula is C30H33N7O3. The van der Waals surface area contributed by atoms with Gasteiger partial charge in [-0.3, -0.25) is 9.69 Å². The van der Waals surface area contributed by atoms with Crippen molar-refractivity contribution >= 4 is 22.8 Å². The Hall–Kier alpha value is -4.28. The number of ether oxygens (including phenoxy) is 2. The SMILES string of the molecule is Nc1ncnc2c1c(-c1ccc(Oc3ccccc3)cc1)nn2CC1CCCN1C(=O)/C=C/CN1CCOCC1. The molecule has 6 rings (SSSR count). The Morgan fingerprint density at radius 1 is 1.02 bits per heavy atom. The third kappa shape index (κ3) is 5.68. The first-order valence-corrected chi connectivity index (χ1v) is 13.7. The van der Waals surface area contributed by atoms with Gasteiger partial charge in [-0.2, -0.15) is 5.10 Å². The van der Waals surface area contributed by atoms with Crippen LogP contribution in [-0.2, 0) is 16.1 Å². The average Bonchev–Trinajstić information content (AvgIpc) is 3.60. The summed E-state index contributed by atoms with van der Waals surface area (Å²) < 4.78 is 13.2. The highest BCUT2D eigenvalue weighted by Gasteiger charge is 2.29. The van der Waals surface area contributed by atoms with Gasteiger partial charge >= 0.3 is 0 Å². The molecule has 2 saturated heterocycles. The van der Waals surface area contributed by atoms with E-state index in [1.54, 1.807) is 6.08 Å². The summed E-state index contributed by atoms with van der Waals surface area (Å²) in [6.45, 7) is 5.31. The molecule has 1 amide bonds. The molecule has 2 aliphatic heterocycles. The Morgan fingerprint density at radius 3 is 2.60 bits per heavy atom. The number of nitrogen functional groups attached to an aromatic ring is 1. The van der Waals surface area contributed by atoms with Crippen molar-refractivity contribution in [2.45, 2.75) is 25.4 Å². The van der Waals surface area contributed by atoms with E-state index < -0.39 is 0 Å². The number of carbonyl (C=O) groups is 1. The van der Waals surface area contributed by atoms with Crippen LogP contribution < -0.4 is 10.5 Å². The van der Waals surface area contributed by atoms with Crippen LogP contribution in [0.1, 0.15) is 12.8 Å². The number of likely N-dealkylation sites (tertiary alicyclic amines) is 1. The lowest BCUT2D eigenvalue weighted by Gasteiger charge is -2.25. The monoisotopic (exact) mass is 539 g/mol. The van der Waals surface area contributed by atoms with Gasteiger partial charge in [0.1, 0.15) is 29.3 Å². The van der Waals surface area contributed by atoms with Crippen molar-refractivity contribution in [1.29, 1.82) is 0 Å². The van der Waals surface area contributed by atoms with Gasteiger partial charge in [0.2, 0.25) is 5.91 Å². The van der Waals surface area contributed by atoms with Crippen LogP contribution in [0.4, 0.5) is 5.82 Å². The van der Waals surface area contributed by atoms with Gasteiger partial charge in [0.05, 0.1) is 31.2 Å². The molecule has 206 valence electrons. The number of hydrogen-bond donors (Lipinski definition) is 1. The summed E-state index contributed by atoms with van der Waals surface area (Å²) in [5, 5.41) is 5.64. The van der Waals surface area contributed by atoms with Gasteiger partial charge in [0.25, 0.3) is 0 Å². The molecule has 0 radical (unpaired) electrons. The fourth-order valence-corrected chi connectivity index (χ4v) is 5.36. The normalized spacial score (nSPS) is 18.1. The molecule has 2 N–H and O–H groups in total. The second-order valence-electron chi connectivity index (χ2n) is 10.1. The fourth-order valence-electron chi connectivity index (χ4n) is 5.36. The smallest absolute Gasteiger partial charge is 0.246 e. The molecule has 4 heterocycles. The molecule has 0 spiro atoms. The maximum Gasteiger partial charge on any atom is 0.246 e. The van der Waals surface area contributed by atoms with Crippen molar-refractivity contribution < 1.29 is 14.3 Å². The molecule has 2 aromatic carbocycles. The first-order chi connectivity index (χ1) is 19.7. The lowest BCUT2D eigenvalue weighted by molar-refractivity contribution is -0.127. The lowest BCUT2D eigenvalue weighted by Crippen LogP contribution is -2.38. The van der Waals surface area contributed by atoms with E-state index in [-0.39, 0.29) is 11.9 Å². The molecule has 0 saturated carbocycles. The maximum absolute atomic E-state index is 13.1. The quantitative estimate of drug-likeness (QED) is 0.337. The average molecular weight is 540 g/mol.